The molecule has 0 aliphatic rings. The SMILES string of the molecule is COc1ccc(/C=C(/C(=O)NCCSCc2ccc(Cl)cc2Cl)c2ccccc2)cc1. The molecule has 0 aromatic heterocycles. The molecule has 0 aliphatic heterocycles. The van der Waals surface area contributed by atoms with Gasteiger partial charge in [0.2, 0.25) is 0 Å². The van der Waals surface area contributed by atoms with Gasteiger partial charge in [-0.05, 0) is 47.0 Å². The number of amides is 1. The minimum absolute atomic E-state index is 0.104. The molecule has 0 fully saturated rings. The van der Waals surface area contributed by atoms with E-state index in [4.69, 9.17) is 27.9 Å². The molecule has 31 heavy (non-hydrogen) atoms. The van der Waals surface area contributed by atoms with E-state index in [1.54, 1.807) is 24.9 Å². The normalized spacial score (nSPS) is 11.3. The number of thioether (sulfide) groups is 1. The Morgan fingerprint density at radius 1 is 1.03 bits per heavy atom. The van der Waals surface area contributed by atoms with E-state index in [0.29, 0.717) is 22.2 Å². The van der Waals surface area contributed by atoms with Gasteiger partial charge in [0.05, 0.1) is 7.11 Å². The van der Waals surface area contributed by atoms with Gasteiger partial charge in [-0.1, -0.05) is 71.7 Å². The van der Waals surface area contributed by atoms with E-state index in [1.165, 1.54) is 0 Å². The van der Waals surface area contributed by atoms with Gasteiger partial charge in [-0.3, -0.25) is 4.79 Å². The lowest BCUT2D eigenvalue weighted by Gasteiger charge is -2.10. The van der Waals surface area contributed by atoms with Gasteiger partial charge in [0, 0.05) is 33.7 Å². The van der Waals surface area contributed by atoms with E-state index in [9.17, 15) is 4.79 Å². The first-order valence-corrected chi connectivity index (χ1v) is 11.7. The van der Waals surface area contributed by atoms with Crippen molar-refractivity contribution in [2.24, 2.45) is 0 Å². The van der Waals surface area contributed by atoms with Crippen molar-refractivity contribution in [2.45, 2.75) is 5.75 Å². The predicted octanol–water partition coefficient (Wildman–Crippen LogP) is 6.59. The molecule has 0 bridgehead atoms. The molecule has 3 aromatic carbocycles. The predicted molar refractivity (Wildman–Crippen MR) is 133 cm³/mol. The maximum Gasteiger partial charge on any atom is 0.251 e. The highest BCUT2D eigenvalue weighted by molar-refractivity contribution is 7.98. The van der Waals surface area contributed by atoms with Crippen LogP contribution >= 0.6 is 35.0 Å². The zero-order valence-corrected chi connectivity index (χ0v) is 19.4. The molecule has 3 aromatic rings. The van der Waals surface area contributed by atoms with E-state index in [1.807, 2.05) is 72.8 Å². The van der Waals surface area contributed by atoms with Crippen molar-refractivity contribution in [2.75, 3.05) is 19.4 Å². The van der Waals surface area contributed by atoms with Gasteiger partial charge >= 0.3 is 0 Å². The maximum absolute atomic E-state index is 12.9. The lowest BCUT2D eigenvalue weighted by Crippen LogP contribution is -2.26. The average molecular weight is 472 g/mol. The lowest BCUT2D eigenvalue weighted by molar-refractivity contribution is -0.115. The molecule has 0 saturated heterocycles. The van der Waals surface area contributed by atoms with Crippen LogP contribution in [0.25, 0.3) is 11.6 Å². The van der Waals surface area contributed by atoms with Crippen LogP contribution in [0.3, 0.4) is 0 Å². The molecule has 0 heterocycles. The van der Waals surface area contributed by atoms with Crippen LogP contribution in [0.15, 0.2) is 72.8 Å². The third-order valence-corrected chi connectivity index (χ3v) is 6.16. The number of rotatable bonds is 9. The molecule has 0 unspecified atom stereocenters. The summed E-state index contributed by atoms with van der Waals surface area (Å²) in [6, 6.07) is 22.8. The number of halogens is 2. The van der Waals surface area contributed by atoms with Gasteiger partial charge in [0.25, 0.3) is 5.91 Å². The first-order chi connectivity index (χ1) is 15.1. The molecule has 0 radical (unpaired) electrons. The van der Waals surface area contributed by atoms with Crippen LogP contribution in [-0.2, 0) is 10.5 Å². The van der Waals surface area contributed by atoms with Crippen molar-refractivity contribution in [3.8, 4) is 5.75 Å². The van der Waals surface area contributed by atoms with Crippen molar-refractivity contribution >= 4 is 52.5 Å². The molecule has 160 valence electrons. The monoisotopic (exact) mass is 471 g/mol. The first kappa shape index (κ1) is 23.3. The van der Waals surface area contributed by atoms with E-state index < -0.39 is 0 Å². The molecule has 3 rings (SSSR count). The second-order valence-corrected chi connectivity index (χ2v) is 8.69. The van der Waals surface area contributed by atoms with Crippen molar-refractivity contribution in [3.05, 3.63) is 99.5 Å². The van der Waals surface area contributed by atoms with Crippen LogP contribution in [-0.4, -0.2) is 25.3 Å². The summed E-state index contributed by atoms with van der Waals surface area (Å²) in [5.41, 5.74) is 3.46. The van der Waals surface area contributed by atoms with Gasteiger partial charge < -0.3 is 10.1 Å². The Morgan fingerprint density at radius 2 is 1.77 bits per heavy atom. The van der Waals surface area contributed by atoms with Crippen LogP contribution in [0.2, 0.25) is 10.0 Å². The van der Waals surface area contributed by atoms with E-state index >= 15 is 0 Å². The molecule has 1 N–H and O–H groups in total. The molecule has 0 aliphatic carbocycles. The summed E-state index contributed by atoms with van der Waals surface area (Å²) in [5.74, 6) is 2.21. The molecular formula is C25H23Cl2NO2S. The van der Waals surface area contributed by atoms with E-state index in [0.717, 1.165) is 33.9 Å². The third kappa shape index (κ3) is 7.06. The smallest absolute Gasteiger partial charge is 0.251 e. The fraction of sp³-hybridized carbons (Fsp3) is 0.160. The molecule has 3 nitrogen and oxygen atoms in total. The Hall–Kier alpha value is -2.40. The second kappa shape index (κ2) is 11.8. The summed E-state index contributed by atoms with van der Waals surface area (Å²) in [7, 11) is 1.63. The largest absolute Gasteiger partial charge is 0.497 e. The summed E-state index contributed by atoms with van der Waals surface area (Å²) in [6.45, 7) is 0.557. The molecule has 0 spiro atoms. The van der Waals surface area contributed by atoms with Gasteiger partial charge in [-0.15, -0.1) is 0 Å². The average Bonchev–Trinajstić information content (AvgIpc) is 2.79. The van der Waals surface area contributed by atoms with E-state index in [-0.39, 0.29) is 5.91 Å². The number of hydrogen-bond acceptors (Lipinski definition) is 3. The van der Waals surface area contributed by atoms with Crippen molar-refractivity contribution in [1.82, 2.24) is 5.32 Å². The van der Waals surface area contributed by atoms with Gasteiger partial charge in [0.15, 0.2) is 0 Å². The topological polar surface area (TPSA) is 38.3 Å². The maximum atomic E-state index is 12.9. The lowest BCUT2D eigenvalue weighted by atomic mass is 10.0. The number of benzene rings is 3. The molecule has 0 saturated carbocycles. The van der Waals surface area contributed by atoms with Gasteiger partial charge in [0.1, 0.15) is 5.75 Å². The van der Waals surface area contributed by atoms with E-state index in [2.05, 4.69) is 5.32 Å². The first-order valence-electron chi connectivity index (χ1n) is 9.78. The quantitative estimate of drug-likeness (QED) is 0.217. The second-order valence-electron chi connectivity index (χ2n) is 6.74. The van der Waals surface area contributed by atoms with Crippen molar-refractivity contribution in [1.29, 1.82) is 0 Å². The highest BCUT2D eigenvalue weighted by Gasteiger charge is 2.12. The Kier molecular flexibility index (Phi) is 8.89. The number of nitrogens with one attached hydrogen (secondary N) is 1. The zero-order chi connectivity index (χ0) is 22.1. The number of ether oxygens (including phenoxy) is 1. The summed E-state index contributed by atoms with van der Waals surface area (Å²) in [6.07, 6.45) is 1.89. The number of methoxy groups -OCH3 is 1. The summed E-state index contributed by atoms with van der Waals surface area (Å²) in [5, 5.41) is 4.32. The standard InChI is InChI=1S/C25H23Cl2NO2S/c1-30-22-11-7-18(8-12-22)15-23(19-5-3-2-4-6-19)25(29)28-13-14-31-17-20-9-10-21(26)16-24(20)27/h2-12,15-16H,13-14,17H2,1H3,(H,28,29)/b23-15+. The Morgan fingerprint density at radius 3 is 2.45 bits per heavy atom. The van der Waals surface area contributed by atoms with Crippen LogP contribution in [0.1, 0.15) is 16.7 Å². The Balaban J connectivity index is 1.61. The fourth-order valence-corrected chi connectivity index (χ4v) is 4.33. The number of hydrogen-bond donors (Lipinski definition) is 1. The highest BCUT2D eigenvalue weighted by Crippen LogP contribution is 2.25. The van der Waals surface area contributed by atoms with Gasteiger partial charge in [-0.2, -0.15) is 11.8 Å². The number of carbonyl (C=O) groups excluding carboxylic acids is 1. The van der Waals surface area contributed by atoms with Crippen LogP contribution in [0, 0.1) is 0 Å². The summed E-state index contributed by atoms with van der Waals surface area (Å²) < 4.78 is 5.21. The molecular weight excluding hydrogens is 449 g/mol. The van der Waals surface area contributed by atoms with Crippen molar-refractivity contribution < 1.29 is 9.53 Å². The zero-order valence-electron chi connectivity index (χ0n) is 17.1. The summed E-state index contributed by atoms with van der Waals surface area (Å²) in [4.78, 5) is 12.9. The Labute approximate surface area is 197 Å². The van der Waals surface area contributed by atoms with Crippen molar-refractivity contribution in [3.63, 3.8) is 0 Å². The van der Waals surface area contributed by atoms with Crippen LogP contribution in [0.5, 0.6) is 5.75 Å². The Bertz CT molecular complexity index is 1040. The minimum Gasteiger partial charge on any atom is -0.497 e. The molecule has 1 amide bonds. The highest BCUT2D eigenvalue weighted by atomic mass is 35.5. The minimum atomic E-state index is -0.104. The van der Waals surface area contributed by atoms with Crippen LogP contribution in [0.4, 0.5) is 0 Å². The fourth-order valence-electron chi connectivity index (χ4n) is 2.92. The molecule has 6 heteroatoms. The van der Waals surface area contributed by atoms with Gasteiger partial charge in [-0.25, -0.2) is 0 Å². The number of carbonyl (C=O) groups is 1. The third-order valence-electron chi connectivity index (χ3n) is 4.56. The summed E-state index contributed by atoms with van der Waals surface area (Å²) >= 11 is 13.9. The van der Waals surface area contributed by atoms with Crippen LogP contribution < -0.4 is 10.1 Å². The molecule has 0 atom stereocenters.